The average Bonchev–Trinajstić information content (AvgIpc) is 3.45. The number of likely N-dealkylation sites (tertiary alicyclic amines) is 1. The summed E-state index contributed by atoms with van der Waals surface area (Å²) in [5.74, 6) is 1.01. The lowest BCUT2D eigenvalue weighted by Gasteiger charge is -2.37. The lowest BCUT2D eigenvalue weighted by Crippen LogP contribution is -2.40. The summed E-state index contributed by atoms with van der Waals surface area (Å²) in [5.41, 5.74) is 0.614. The van der Waals surface area contributed by atoms with Crippen molar-refractivity contribution in [2.24, 2.45) is 35.5 Å². The minimum absolute atomic E-state index is 0.170. The number of hydrogen-bond donors (Lipinski definition) is 1. The maximum atomic E-state index is 12.9. The maximum absolute atomic E-state index is 12.9. The largest absolute Gasteiger partial charge is 0.494 e. The lowest BCUT2D eigenvalue weighted by molar-refractivity contribution is -0.142. The minimum atomic E-state index is -0.357. The Labute approximate surface area is 157 Å². The van der Waals surface area contributed by atoms with Crippen molar-refractivity contribution in [1.29, 1.82) is 0 Å². The van der Waals surface area contributed by atoms with Gasteiger partial charge in [-0.15, -0.1) is 0 Å². The fraction of sp³-hybridized carbons (Fsp3) is 0.476. The fourth-order valence-electron chi connectivity index (χ4n) is 5.32. The zero-order chi connectivity index (χ0) is 18.7. The number of nitrogens with zero attached hydrogens (tertiary/aromatic N) is 1. The number of amides is 3. The topological polar surface area (TPSA) is 75.7 Å². The molecule has 1 aromatic carbocycles. The normalized spacial score (nSPS) is 35.1. The molecule has 6 rings (SSSR count). The van der Waals surface area contributed by atoms with E-state index >= 15 is 0 Å². The molecule has 0 radical (unpaired) electrons. The number of carbonyl (C=O) groups is 3. The number of ether oxygens (including phenoxy) is 1. The predicted molar refractivity (Wildman–Crippen MR) is 97.7 cm³/mol. The fourth-order valence-corrected chi connectivity index (χ4v) is 5.32. The van der Waals surface area contributed by atoms with Gasteiger partial charge < -0.3 is 10.1 Å². The number of anilines is 1. The van der Waals surface area contributed by atoms with Crippen molar-refractivity contribution in [3.05, 3.63) is 36.4 Å². The Bertz CT molecular complexity index is 810. The van der Waals surface area contributed by atoms with E-state index in [9.17, 15) is 14.4 Å². The van der Waals surface area contributed by atoms with Crippen LogP contribution in [0.1, 0.15) is 13.3 Å². The number of carbonyl (C=O) groups excluding carboxylic acids is 3. The molecule has 0 unspecified atom stereocenters. The number of benzene rings is 1. The van der Waals surface area contributed by atoms with Gasteiger partial charge in [0, 0.05) is 5.69 Å². The summed E-state index contributed by atoms with van der Waals surface area (Å²) in [7, 11) is 0. The Kier molecular flexibility index (Phi) is 3.64. The van der Waals surface area contributed by atoms with Crippen LogP contribution in [0.25, 0.3) is 0 Å². The molecule has 1 heterocycles. The molecule has 1 aromatic rings. The van der Waals surface area contributed by atoms with Gasteiger partial charge in [0.05, 0.1) is 18.4 Å². The van der Waals surface area contributed by atoms with E-state index in [1.54, 1.807) is 24.3 Å². The zero-order valence-corrected chi connectivity index (χ0v) is 15.1. The van der Waals surface area contributed by atoms with Crippen LogP contribution in [-0.2, 0) is 14.4 Å². The van der Waals surface area contributed by atoms with Gasteiger partial charge in [-0.05, 0) is 61.3 Å². The standard InChI is InChI=1S/C21H22N2O4/c1-2-27-12-5-3-11(4-6-12)22-17(24)10-23-20(25)18-13-7-8-14(16-9-15(13)16)19(18)21(23)26/h3-8,13-16,18-19H,2,9-10H2,1H3,(H,22,24)/t13-,14+,15-,16-,18-,19+/m0/s1. The van der Waals surface area contributed by atoms with Crippen LogP contribution < -0.4 is 10.1 Å². The summed E-state index contributed by atoms with van der Waals surface area (Å²) in [6.45, 7) is 2.26. The van der Waals surface area contributed by atoms with Crippen LogP contribution in [-0.4, -0.2) is 35.8 Å². The monoisotopic (exact) mass is 366 g/mol. The van der Waals surface area contributed by atoms with Gasteiger partial charge >= 0.3 is 0 Å². The molecule has 2 saturated carbocycles. The van der Waals surface area contributed by atoms with Gasteiger partial charge in [-0.3, -0.25) is 19.3 Å². The van der Waals surface area contributed by atoms with Gasteiger partial charge in [-0.25, -0.2) is 0 Å². The van der Waals surface area contributed by atoms with Crippen molar-refractivity contribution in [1.82, 2.24) is 4.90 Å². The van der Waals surface area contributed by atoms with Crippen molar-refractivity contribution >= 4 is 23.4 Å². The van der Waals surface area contributed by atoms with Crippen LogP contribution in [0, 0.1) is 35.5 Å². The first kappa shape index (κ1) is 16.5. The van der Waals surface area contributed by atoms with E-state index in [4.69, 9.17) is 4.74 Å². The van der Waals surface area contributed by atoms with Crippen molar-refractivity contribution < 1.29 is 19.1 Å². The van der Waals surface area contributed by atoms with Crippen molar-refractivity contribution in [2.45, 2.75) is 13.3 Å². The van der Waals surface area contributed by atoms with Gasteiger partial charge in [0.1, 0.15) is 12.3 Å². The van der Waals surface area contributed by atoms with Gasteiger partial charge in [-0.2, -0.15) is 0 Å². The van der Waals surface area contributed by atoms with Crippen molar-refractivity contribution in [2.75, 3.05) is 18.5 Å². The Morgan fingerprint density at radius 2 is 1.67 bits per heavy atom. The van der Waals surface area contributed by atoms with Gasteiger partial charge in [0.25, 0.3) is 0 Å². The highest BCUT2D eigenvalue weighted by atomic mass is 16.5. The number of imide groups is 1. The van der Waals surface area contributed by atoms with E-state index in [1.165, 1.54) is 4.90 Å². The minimum Gasteiger partial charge on any atom is -0.494 e. The molecule has 6 atom stereocenters. The Balaban J connectivity index is 1.27. The lowest BCUT2D eigenvalue weighted by atomic mass is 9.63. The molecule has 6 nitrogen and oxygen atoms in total. The van der Waals surface area contributed by atoms with E-state index in [1.807, 2.05) is 6.92 Å². The second-order valence-electron chi connectivity index (χ2n) is 7.92. The number of rotatable bonds is 5. The molecule has 3 fully saturated rings. The van der Waals surface area contributed by atoms with Crippen LogP contribution in [0.3, 0.4) is 0 Å². The van der Waals surface area contributed by atoms with Crippen LogP contribution in [0.4, 0.5) is 5.69 Å². The smallest absolute Gasteiger partial charge is 0.244 e. The molecule has 1 N–H and O–H groups in total. The summed E-state index contributed by atoms with van der Waals surface area (Å²) in [5, 5.41) is 2.76. The summed E-state index contributed by atoms with van der Waals surface area (Å²) in [6.07, 6.45) is 5.40. The number of hydrogen-bond acceptors (Lipinski definition) is 4. The van der Waals surface area contributed by atoms with Crippen LogP contribution >= 0.6 is 0 Å². The predicted octanol–water partition coefficient (Wildman–Crippen LogP) is 2.08. The first-order chi connectivity index (χ1) is 13.1. The molecule has 0 spiro atoms. The second kappa shape index (κ2) is 5.94. The molecule has 5 aliphatic rings. The van der Waals surface area contributed by atoms with E-state index in [-0.39, 0.29) is 47.9 Å². The average molecular weight is 366 g/mol. The molecule has 4 aliphatic carbocycles. The van der Waals surface area contributed by atoms with Gasteiger partial charge in [0.15, 0.2) is 0 Å². The number of nitrogens with one attached hydrogen (secondary N) is 1. The highest BCUT2D eigenvalue weighted by Gasteiger charge is 2.67. The van der Waals surface area contributed by atoms with Gasteiger partial charge in [-0.1, -0.05) is 12.2 Å². The molecule has 27 heavy (non-hydrogen) atoms. The molecule has 2 bridgehead atoms. The Hall–Kier alpha value is -2.63. The molecule has 6 heteroatoms. The first-order valence-corrected chi connectivity index (χ1v) is 9.64. The van der Waals surface area contributed by atoms with Crippen molar-refractivity contribution in [3.63, 3.8) is 0 Å². The van der Waals surface area contributed by atoms with Crippen LogP contribution in [0.5, 0.6) is 5.75 Å². The molecule has 1 saturated heterocycles. The third-order valence-electron chi connectivity index (χ3n) is 6.50. The summed E-state index contributed by atoms with van der Waals surface area (Å²) < 4.78 is 5.38. The van der Waals surface area contributed by atoms with Crippen LogP contribution in [0.15, 0.2) is 36.4 Å². The van der Waals surface area contributed by atoms with E-state index in [2.05, 4.69) is 17.5 Å². The molecular formula is C21H22N2O4. The summed E-state index contributed by atoms with van der Waals surface area (Å²) >= 11 is 0. The first-order valence-electron chi connectivity index (χ1n) is 9.64. The highest BCUT2D eigenvalue weighted by Crippen LogP contribution is 2.65. The molecule has 140 valence electrons. The molecule has 0 aromatic heterocycles. The molecule has 1 aliphatic heterocycles. The molecule has 3 amide bonds. The summed E-state index contributed by atoms with van der Waals surface area (Å²) in [6, 6.07) is 7.03. The SMILES string of the molecule is CCOc1ccc(NC(=O)CN2C(=O)[C@@H]3[C@@H]4C=C[C@@H]([C@@H]5C[C@@H]45)[C@@H]3C2=O)cc1. The third kappa shape index (κ3) is 2.50. The molecular weight excluding hydrogens is 344 g/mol. The van der Waals surface area contributed by atoms with E-state index in [0.717, 1.165) is 12.2 Å². The van der Waals surface area contributed by atoms with Crippen LogP contribution in [0.2, 0.25) is 0 Å². The van der Waals surface area contributed by atoms with Gasteiger partial charge in [0.2, 0.25) is 17.7 Å². The Morgan fingerprint density at radius 1 is 1.07 bits per heavy atom. The second-order valence-corrected chi connectivity index (χ2v) is 7.92. The quantitative estimate of drug-likeness (QED) is 0.639. The third-order valence-corrected chi connectivity index (χ3v) is 6.50. The zero-order valence-electron chi connectivity index (χ0n) is 15.1. The Morgan fingerprint density at radius 3 is 2.22 bits per heavy atom. The van der Waals surface area contributed by atoms with E-state index < -0.39 is 0 Å². The summed E-state index contributed by atoms with van der Waals surface area (Å²) in [4.78, 5) is 39.4. The number of allylic oxidation sites excluding steroid dienone is 2. The van der Waals surface area contributed by atoms with Crippen molar-refractivity contribution in [3.8, 4) is 5.75 Å². The van der Waals surface area contributed by atoms with E-state index in [0.29, 0.717) is 24.1 Å². The maximum Gasteiger partial charge on any atom is 0.244 e. The highest BCUT2D eigenvalue weighted by molar-refractivity contribution is 6.09.